The van der Waals surface area contributed by atoms with E-state index < -0.39 is 0 Å². The quantitative estimate of drug-likeness (QED) is 0.146. The Kier molecular flexibility index (Phi) is 9.45. The van der Waals surface area contributed by atoms with E-state index in [0.29, 0.717) is 17.5 Å². The van der Waals surface area contributed by atoms with Crippen LogP contribution in [0.2, 0.25) is 0 Å². The molecule has 0 spiro atoms. The molecule has 0 saturated heterocycles. The summed E-state index contributed by atoms with van der Waals surface area (Å²) in [5.41, 5.74) is 13.9. The smallest absolute Gasteiger partial charge is 0.167 e. The number of hydrogen-bond donors (Lipinski definition) is 0. The molecule has 2 aromatic heterocycles. The number of fused-ring (bicyclic) bond motifs is 3. The number of furan rings is 1. The summed E-state index contributed by atoms with van der Waals surface area (Å²) in [6, 6.07) is 80.0. The van der Waals surface area contributed by atoms with E-state index in [2.05, 4.69) is 169 Å². The summed E-state index contributed by atoms with van der Waals surface area (Å²) < 4.78 is 7.10. The number of hydrogen-bond acceptors (Lipinski definition) is 5. The lowest BCUT2D eigenvalue weighted by atomic mass is 9.97. The lowest BCUT2D eigenvalue weighted by Crippen LogP contribution is -2.12. The molecule has 0 saturated carbocycles. The van der Waals surface area contributed by atoms with Crippen molar-refractivity contribution < 1.29 is 4.42 Å². The van der Waals surface area contributed by atoms with Crippen LogP contribution in [0, 0.1) is 0 Å². The van der Waals surface area contributed by atoms with Gasteiger partial charge >= 0.3 is 0 Å². The van der Waals surface area contributed by atoms with Gasteiger partial charge in [-0.1, -0.05) is 200 Å². The normalized spacial score (nSPS) is 11.2. The summed E-state index contributed by atoms with van der Waals surface area (Å²) in [6.45, 7) is 0. The highest BCUT2D eigenvalue weighted by molar-refractivity contribution is 6.13. The second-order valence-corrected chi connectivity index (χ2v) is 15.2. The largest absolute Gasteiger partial charge is 0.455 e. The van der Waals surface area contributed by atoms with Crippen LogP contribution in [0.1, 0.15) is 0 Å². The van der Waals surface area contributed by atoms with Crippen LogP contribution < -0.4 is 4.90 Å². The van der Waals surface area contributed by atoms with E-state index in [1.54, 1.807) is 0 Å². The molecule has 11 aromatic rings. The molecule has 11 rings (SSSR count). The molecular formula is C57H38N4O. The molecule has 0 aliphatic carbocycles. The van der Waals surface area contributed by atoms with Gasteiger partial charge in [0, 0.05) is 44.3 Å². The van der Waals surface area contributed by atoms with Crippen molar-refractivity contribution in [1.82, 2.24) is 15.0 Å². The molecule has 292 valence electrons. The Morgan fingerprint density at radius 3 is 1.26 bits per heavy atom. The van der Waals surface area contributed by atoms with Crippen molar-refractivity contribution in [3.63, 3.8) is 0 Å². The standard InChI is InChI=1S/C57H38N4O/c1-5-19-39(20-6-1)40-35-37-44(38-36-40)61(51-33-15-13-27-45(51)41-21-7-2-8-22-41)52-34-16-14-28-46(52)47-29-17-30-48-49-31-18-32-50(54(49)62-53(47)48)57-59-55(42-23-9-3-10-24-42)58-56(60-57)43-25-11-4-12-26-43/h1-38H. The van der Waals surface area contributed by atoms with Crippen LogP contribution in [0.4, 0.5) is 17.1 Å². The lowest BCUT2D eigenvalue weighted by Gasteiger charge is -2.30. The van der Waals surface area contributed by atoms with Crippen LogP contribution in [0.3, 0.4) is 0 Å². The fourth-order valence-electron chi connectivity index (χ4n) is 8.41. The molecule has 0 unspecified atom stereocenters. The van der Waals surface area contributed by atoms with Crippen molar-refractivity contribution in [2.75, 3.05) is 4.90 Å². The fourth-order valence-corrected chi connectivity index (χ4v) is 8.41. The highest BCUT2D eigenvalue weighted by Crippen LogP contribution is 2.47. The highest BCUT2D eigenvalue weighted by atomic mass is 16.3. The van der Waals surface area contributed by atoms with E-state index in [-0.39, 0.29) is 0 Å². The molecule has 0 N–H and O–H groups in total. The number of anilines is 3. The number of aromatic nitrogens is 3. The molecule has 0 bridgehead atoms. The number of nitrogens with zero attached hydrogens (tertiary/aromatic N) is 4. The zero-order valence-electron chi connectivity index (χ0n) is 33.6. The van der Waals surface area contributed by atoms with E-state index in [4.69, 9.17) is 19.4 Å². The van der Waals surface area contributed by atoms with Gasteiger partial charge in [0.25, 0.3) is 0 Å². The summed E-state index contributed by atoms with van der Waals surface area (Å²) in [4.78, 5) is 17.5. The Bertz CT molecular complexity index is 3270. The maximum absolute atomic E-state index is 7.10. The van der Waals surface area contributed by atoms with Gasteiger partial charge in [0.1, 0.15) is 11.2 Å². The van der Waals surface area contributed by atoms with Crippen molar-refractivity contribution in [2.24, 2.45) is 0 Å². The van der Waals surface area contributed by atoms with Crippen LogP contribution in [0.25, 0.3) is 89.5 Å². The predicted octanol–water partition coefficient (Wildman–Crippen LogP) is 15.2. The molecule has 0 radical (unpaired) electrons. The maximum Gasteiger partial charge on any atom is 0.167 e. The van der Waals surface area contributed by atoms with E-state index >= 15 is 0 Å². The van der Waals surface area contributed by atoms with E-state index in [1.165, 1.54) is 5.56 Å². The second kappa shape index (κ2) is 16.0. The van der Waals surface area contributed by atoms with Gasteiger partial charge in [-0.05, 0) is 47.0 Å². The first-order valence-electron chi connectivity index (χ1n) is 20.8. The summed E-state index contributed by atoms with van der Waals surface area (Å²) >= 11 is 0. The Labute approximate surface area is 359 Å². The minimum Gasteiger partial charge on any atom is -0.455 e. The average Bonchev–Trinajstić information content (AvgIpc) is 3.75. The molecule has 0 atom stereocenters. The van der Waals surface area contributed by atoms with Crippen LogP contribution >= 0.6 is 0 Å². The topological polar surface area (TPSA) is 55.1 Å². The first kappa shape index (κ1) is 36.7. The Morgan fingerprint density at radius 1 is 0.274 bits per heavy atom. The first-order valence-corrected chi connectivity index (χ1v) is 20.8. The average molecular weight is 795 g/mol. The number of rotatable bonds is 9. The SMILES string of the molecule is c1ccc(-c2ccc(N(c3ccccc3-c3ccccc3)c3ccccc3-c3cccc4c3oc3c(-c5nc(-c6ccccc6)nc(-c6ccccc6)n5)cccc34)cc2)cc1. The zero-order valence-corrected chi connectivity index (χ0v) is 33.6. The molecule has 0 fully saturated rings. The Balaban J connectivity index is 1.10. The van der Waals surface area contributed by atoms with Gasteiger partial charge < -0.3 is 9.32 Å². The third-order valence-corrected chi connectivity index (χ3v) is 11.4. The summed E-state index contributed by atoms with van der Waals surface area (Å²) in [7, 11) is 0. The molecule has 5 heteroatoms. The van der Waals surface area contributed by atoms with Gasteiger partial charge in [-0.2, -0.15) is 0 Å². The van der Waals surface area contributed by atoms with Crippen LogP contribution in [-0.4, -0.2) is 15.0 Å². The molecule has 9 aromatic carbocycles. The number of benzene rings is 9. The Morgan fingerprint density at radius 2 is 0.677 bits per heavy atom. The van der Waals surface area contributed by atoms with E-state index in [1.807, 2.05) is 66.7 Å². The van der Waals surface area contributed by atoms with Crippen molar-refractivity contribution >= 4 is 39.0 Å². The Hall–Kier alpha value is -8.41. The summed E-state index contributed by atoms with van der Waals surface area (Å²) in [6.07, 6.45) is 0. The van der Waals surface area contributed by atoms with Gasteiger partial charge in [0.15, 0.2) is 17.5 Å². The third kappa shape index (κ3) is 6.78. The second-order valence-electron chi connectivity index (χ2n) is 15.2. The summed E-state index contributed by atoms with van der Waals surface area (Å²) in [5, 5.41) is 2.00. The van der Waals surface area contributed by atoms with Crippen molar-refractivity contribution in [3.8, 4) is 67.5 Å². The van der Waals surface area contributed by atoms with Crippen molar-refractivity contribution in [3.05, 3.63) is 231 Å². The minimum atomic E-state index is 0.548. The molecule has 0 aliphatic rings. The third-order valence-electron chi connectivity index (χ3n) is 11.4. The van der Waals surface area contributed by atoms with Gasteiger partial charge in [0.05, 0.1) is 16.9 Å². The molecule has 5 nitrogen and oxygen atoms in total. The molecule has 0 aliphatic heterocycles. The van der Waals surface area contributed by atoms with Gasteiger partial charge in [-0.15, -0.1) is 0 Å². The van der Waals surface area contributed by atoms with Crippen LogP contribution in [0.15, 0.2) is 235 Å². The van der Waals surface area contributed by atoms with Crippen LogP contribution in [-0.2, 0) is 0 Å². The lowest BCUT2D eigenvalue weighted by molar-refractivity contribution is 0.670. The van der Waals surface area contributed by atoms with Crippen molar-refractivity contribution in [2.45, 2.75) is 0 Å². The molecular weight excluding hydrogens is 757 g/mol. The summed E-state index contributed by atoms with van der Waals surface area (Å²) in [5.74, 6) is 1.75. The van der Waals surface area contributed by atoms with Crippen molar-refractivity contribution in [1.29, 1.82) is 0 Å². The van der Waals surface area contributed by atoms with E-state index in [9.17, 15) is 0 Å². The molecule has 2 heterocycles. The maximum atomic E-state index is 7.10. The highest BCUT2D eigenvalue weighted by Gasteiger charge is 2.24. The van der Waals surface area contributed by atoms with Gasteiger partial charge in [0.2, 0.25) is 0 Å². The molecule has 62 heavy (non-hydrogen) atoms. The zero-order chi connectivity index (χ0) is 41.2. The van der Waals surface area contributed by atoms with E-state index in [0.717, 1.165) is 83.5 Å². The molecule has 0 amide bonds. The van der Waals surface area contributed by atoms with Gasteiger partial charge in [-0.25, -0.2) is 15.0 Å². The van der Waals surface area contributed by atoms with Gasteiger partial charge in [-0.3, -0.25) is 0 Å². The fraction of sp³-hybridized carbons (Fsp3) is 0. The minimum absolute atomic E-state index is 0.548. The first-order chi connectivity index (χ1) is 30.8. The predicted molar refractivity (Wildman–Crippen MR) is 254 cm³/mol. The van der Waals surface area contributed by atoms with Crippen LogP contribution in [0.5, 0.6) is 0 Å². The number of para-hydroxylation sites is 4. The monoisotopic (exact) mass is 794 g/mol.